The smallest absolute Gasteiger partial charge is 0.195 e. The number of nitrogens with zero attached hydrogens (tertiary/aromatic N) is 3. The number of piperidine rings is 1. The molecule has 0 N–H and O–H groups in total. The molecule has 6 heteroatoms. The van der Waals surface area contributed by atoms with Gasteiger partial charge in [0.15, 0.2) is 11.6 Å². The lowest BCUT2D eigenvalue weighted by molar-refractivity contribution is 0.0966. The molecule has 2 aromatic heterocycles. The maximum atomic E-state index is 13.0. The minimum absolute atomic E-state index is 0.175. The van der Waals surface area contributed by atoms with E-state index in [1.807, 2.05) is 24.5 Å². The summed E-state index contributed by atoms with van der Waals surface area (Å²) in [6, 6.07) is 9.89. The van der Waals surface area contributed by atoms with Crippen LogP contribution in [0.3, 0.4) is 0 Å². The summed E-state index contributed by atoms with van der Waals surface area (Å²) in [7, 11) is 0. The Kier molecular flexibility index (Phi) is 4.93. The maximum Gasteiger partial charge on any atom is 0.195 e. The summed E-state index contributed by atoms with van der Waals surface area (Å²) in [5.74, 6) is 1.76. The highest BCUT2D eigenvalue weighted by Gasteiger charge is 2.21. The van der Waals surface area contributed by atoms with Crippen molar-refractivity contribution in [2.24, 2.45) is 0 Å². The first kappa shape index (κ1) is 16.7. The van der Waals surface area contributed by atoms with Crippen molar-refractivity contribution in [3.05, 3.63) is 66.4 Å². The Balaban J connectivity index is 1.27. The number of ether oxygens (including phenoxy) is 1. The molecule has 26 heavy (non-hydrogen) atoms. The monoisotopic (exact) mass is 353 g/mol. The second-order valence-electron chi connectivity index (χ2n) is 6.44. The quantitative estimate of drug-likeness (QED) is 0.696. The number of aromatic nitrogens is 2. The fourth-order valence-corrected chi connectivity index (χ4v) is 3.12. The van der Waals surface area contributed by atoms with E-state index in [0.717, 1.165) is 43.8 Å². The number of furan rings is 1. The van der Waals surface area contributed by atoms with E-state index in [1.165, 1.54) is 12.1 Å². The van der Waals surface area contributed by atoms with Crippen LogP contribution in [0.5, 0.6) is 5.75 Å². The second kappa shape index (κ2) is 7.66. The summed E-state index contributed by atoms with van der Waals surface area (Å²) in [5, 5.41) is 0. The zero-order chi connectivity index (χ0) is 17.8. The third-order valence-electron chi connectivity index (χ3n) is 4.50. The van der Waals surface area contributed by atoms with Crippen molar-refractivity contribution >= 4 is 0 Å². The van der Waals surface area contributed by atoms with Crippen molar-refractivity contribution in [2.75, 3.05) is 13.1 Å². The van der Waals surface area contributed by atoms with Gasteiger partial charge in [0.1, 0.15) is 17.7 Å². The molecule has 0 atom stereocenters. The van der Waals surface area contributed by atoms with Crippen LogP contribution in [0.1, 0.15) is 18.4 Å². The first-order chi connectivity index (χ1) is 12.8. The fourth-order valence-electron chi connectivity index (χ4n) is 3.12. The highest BCUT2D eigenvalue weighted by molar-refractivity contribution is 5.45. The summed E-state index contributed by atoms with van der Waals surface area (Å²) in [6.07, 6.45) is 7.39. The number of rotatable bonds is 5. The van der Waals surface area contributed by atoms with Gasteiger partial charge in [-0.05, 0) is 49.2 Å². The van der Waals surface area contributed by atoms with Crippen LogP contribution in [0.25, 0.3) is 11.6 Å². The molecule has 0 amide bonds. The van der Waals surface area contributed by atoms with Gasteiger partial charge in [0.25, 0.3) is 0 Å². The van der Waals surface area contributed by atoms with Crippen molar-refractivity contribution in [2.45, 2.75) is 25.5 Å². The van der Waals surface area contributed by atoms with E-state index in [4.69, 9.17) is 9.15 Å². The molecule has 5 nitrogen and oxygen atoms in total. The molecule has 0 radical (unpaired) electrons. The molecule has 0 spiro atoms. The molecule has 1 aromatic carbocycles. The van der Waals surface area contributed by atoms with Gasteiger partial charge in [-0.25, -0.2) is 14.4 Å². The highest BCUT2D eigenvalue weighted by atomic mass is 19.1. The van der Waals surface area contributed by atoms with Gasteiger partial charge in [-0.1, -0.05) is 0 Å². The van der Waals surface area contributed by atoms with Crippen LogP contribution in [0.2, 0.25) is 0 Å². The minimum Gasteiger partial charge on any atom is -0.490 e. The van der Waals surface area contributed by atoms with E-state index >= 15 is 0 Å². The van der Waals surface area contributed by atoms with Crippen LogP contribution in [-0.4, -0.2) is 34.1 Å². The normalized spacial score (nSPS) is 15.9. The molecule has 0 saturated carbocycles. The van der Waals surface area contributed by atoms with Crippen LogP contribution in [0.4, 0.5) is 4.39 Å². The van der Waals surface area contributed by atoms with Crippen LogP contribution in [-0.2, 0) is 6.54 Å². The van der Waals surface area contributed by atoms with E-state index in [-0.39, 0.29) is 11.9 Å². The summed E-state index contributed by atoms with van der Waals surface area (Å²) in [5.41, 5.74) is 1.08. The van der Waals surface area contributed by atoms with Crippen LogP contribution in [0.15, 0.2) is 59.5 Å². The Morgan fingerprint density at radius 3 is 2.46 bits per heavy atom. The van der Waals surface area contributed by atoms with Gasteiger partial charge in [0, 0.05) is 37.6 Å². The summed E-state index contributed by atoms with van der Waals surface area (Å²) in [4.78, 5) is 11.1. The molecule has 0 aliphatic carbocycles. The summed E-state index contributed by atoms with van der Waals surface area (Å²) >= 11 is 0. The number of hydrogen-bond acceptors (Lipinski definition) is 5. The van der Waals surface area contributed by atoms with Gasteiger partial charge in [0.05, 0.1) is 6.26 Å². The van der Waals surface area contributed by atoms with Gasteiger partial charge < -0.3 is 9.15 Å². The molecule has 1 fully saturated rings. The third kappa shape index (κ3) is 4.08. The number of hydrogen-bond donors (Lipinski definition) is 0. The van der Waals surface area contributed by atoms with E-state index in [0.29, 0.717) is 11.6 Å². The largest absolute Gasteiger partial charge is 0.490 e. The van der Waals surface area contributed by atoms with Crippen molar-refractivity contribution < 1.29 is 13.5 Å². The van der Waals surface area contributed by atoms with Gasteiger partial charge in [0.2, 0.25) is 0 Å². The van der Waals surface area contributed by atoms with Gasteiger partial charge in [-0.2, -0.15) is 0 Å². The lowest BCUT2D eigenvalue weighted by Gasteiger charge is -2.32. The molecule has 3 heterocycles. The van der Waals surface area contributed by atoms with Crippen molar-refractivity contribution in [3.63, 3.8) is 0 Å². The first-order valence-corrected chi connectivity index (χ1v) is 8.76. The van der Waals surface area contributed by atoms with E-state index < -0.39 is 0 Å². The summed E-state index contributed by atoms with van der Waals surface area (Å²) in [6.45, 7) is 2.72. The van der Waals surface area contributed by atoms with Gasteiger partial charge in [-0.15, -0.1) is 0 Å². The Hall–Kier alpha value is -2.73. The van der Waals surface area contributed by atoms with E-state index in [1.54, 1.807) is 18.4 Å². The third-order valence-corrected chi connectivity index (χ3v) is 4.50. The Morgan fingerprint density at radius 1 is 1.08 bits per heavy atom. The van der Waals surface area contributed by atoms with E-state index in [2.05, 4.69) is 14.9 Å². The topological polar surface area (TPSA) is 51.4 Å². The lowest BCUT2D eigenvalue weighted by Crippen LogP contribution is -2.37. The first-order valence-electron chi connectivity index (χ1n) is 8.76. The SMILES string of the molecule is Fc1ccc(OC2CCN(Cc3cnc(-c4ccco4)nc3)CC2)cc1. The average molecular weight is 353 g/mol. The zero-order valence-corrected chi connectivity index (χ0v) is 14.3. The zero-order valence-electron chi connectivity index (χ0n) is 14.3. The second-order valence-corrected chi connectivity index (χ2v) is 6.44. The Bertz CT molecular complexity index is 811. The Labute approximate surface area is 151 Å². The highest BCUT2D eigenvalue weighted by Crippen LogP contribution is 2.21. The summed E-state index contributed by atoms with van der Waals surface area (Å²) < 4.78 is 24.2. The molecule has 1 saturated heterocycles. The van der Waals surface area contributed by atoms with Crippen LogP contribution < -0.4 is 4.74 Å². The molecular weight excluding hydrogens is 333 g/mol. The maximum absolute atomic E-state index is 13.0. The molecule has 134 valence electrons. The molecule has 1 aliphatic heterocycles. The van der Waals surface area contributed by atoms with Crippen molar-refractivity contribution in [1.82, 2.24) is 14.9 Å². The number of halogens is 1. The molecule has 4 rings (SSSR count). The van der Waals surface area contributed by atoms with Gasteiger partial charge >= 0.3 is 0 Å². The van der Waals surface area contributed by atoms with Crippen molar-refractivity contribution in [3.8, 4) is 17.3 Å². The van der Waals surface area contributed by atoms with Crippen LogP contribution >= 0.6 is 0 Å². The Morgan fingerprint density at radius 2 is 1.81 bits per heavy atom. The predicted octanol–water partition coefficient (Wildman–Crippen LogP) is 3.92. The van der Waals surface area contributed by atoms with E-state index in [9.17, 15) is 4.39 Å². The number of benzene rings is 1. The minimum atomic E-state index is -0.243. The van der Waals surface area contributed by atoms with Gasteiger partial charge in [-0.3, -0.25) is 4.90 Å². The van der Waals surface area contributed by atoms with Crippen LogP contribution in [0, 0.1) is 5.82 Å². The predicted molar refractivity (Wildman–Crippen MR) is 95.1 cm³/mol. The molecule has 1 aliphatic rings. The molecule has 3 aromatic rings. The lowest BCUT2D eigenvalue weighted by atomic mass is 10.1. The average Bonchev–Trinajstić information content (AvgIpc) is 3.21. The molecule has 0 unspecified atom stereocenters. The number of likely N-dealkylation sites (tertiary alicyclic amines) is 1. The molecular formula is C20H20FN3O2. The molecule has 0 bridgehead atoms. The standard InChI is InChI=1S/C20H20FN3O2/c21-16-3-5-17(6-4-16)26-18-7-9-24(10-8-18)14-15-12-22-20(23-13-15)19-2-1-11-25-19/h1-6,11-13,18H,7-10,14H2. The van der Waals surface area contributed by atoms with Crippen molar-refractivity contribution in [1.29, 1.82) is 0 Å². The fraction of sp³-hybridized carbons (Fsp3) is 0.300.